The molecule has 0 spiro atoms. The van der Waals surface area contributed by atoms with Gasteiger partial charge in [0, 0.05) is 23.9 Å². The average molecular weight is 445 g/mol. The molecule has 8 heteroatoms. The normalized spacial score (nSPS) is 12.9. The molecule has 0 radical (unpaired) electrons. The van der Waals surface area contributed by atoms with E-state index in [0.717, 1.165) is 22.7 Å². The number of fused-ring (bicyclic) bond motifs is 1. The number of rotatable bonds is 6. The fourth-order valence-electron chi connectivity index (χ4n) is 3.00. The van der Waals surface area contributed by atoms with E-state index in [1.165, 1.54) is 0 Å². The summed E-state index contributed by atoms with van der Waals surface area (Å²) in [5.41, 5.74) is 2.29. The van der Waals surface area contributed by atoms with Crippen molar-refractivity contribution < 1.29 is 19.0 Å². The molecule has 3 aromatic rings. The number of hydrogen-bond acceptors (Lipinski definition) is 6. The summed E-state index contributed by atoms with van der Waals surface area (Å²) in [6.45, 7) is 3.85. The van der Waals surface area contributed by atoms with Crippen molar-refractivity contribution in [2.24, 2.45) is 0 Å². The van der Waals surface area contributed by atoms with Gasteiger partial charge in [0.15, 0.2) is 11.5 Å². The number of carbonyl (C=O) groups excluding carboxylic acids is 1. The number of hydrogen-bond donors (Lipinski definition) is 1. The Morgan fingerprint density at radius 2 is 2.03 bits per heavy atom. The predicted octanol–water partition coefficient (Wildman–Crippen LogP) is 4.78. The van der Waals surface area contributed by atoms with Gasteiger partial charge in [-0.2, -0.15) is 0 Å². The van der Waals surface area contributed by atoms with Gasteiger partial charge in [0.05, 0.1) is 28.9 Å². The number of thiazole rings is 1. The molecule has 2 heterocycles. The SMILES string of the molecule is Cc1nc(COc2ccc(C(=O)NCc3cc(Cl)c4c(c3)OCCCO4)cc2)cs1. The van der Waals surface area contributed by atoms with Crippen molar-refractivity contribution in [3.63, 3.8) is 0 Å². The highest BCUT2D eigenvalue weighted by Gasteiger charge is 2.16. The summed E-state index contributed by atoms with van der Waals surface area (Å²) in [6.07, 6.45) is 0.806. The number of halogens is 1. The molecule has 4 rings (SSSR count). The first kappa shape index (κ1) is 20.5. The van der Waals surface area contributed by atoms with Crippen LogP contribution in [0.2, 0.25) is 5.02 Å². The molecular formula is C22H21ClN2O4S. The minimum Gasteiger partial charge on any atom is -0.489 e. The summed E-state index contributed by atoms with van der Waals surface area (Å²) in [5, 5.41) is 6.37. The fourth-order valence-corrected chi connectivity index (χ4v) is 3.89. The van der Waals surface area contributed by atoms with Gasteiger partial charge < -0.3 is 19.5 Å². The Bertz CT molecular complexity index is 1040. The zero-order valence-corrected chi connectivity index (χ0v) is 18.0. The second-order valence-electron chi connectivity index (χ2n) is 6.81. The molecular weight excluding hydrogens is 424 g/mol. The third-order valence-corrected chi connectivity index (χ3v) is 5.59. The van der Waals surface area contributed by atoms with Crippen LogP contribution in [0, 0.1) is 6.92 Å². The number of amides is 1. The zero-order valence-electron chi connectivity index (χ0n) is 16.4. The lowest BCUT2D eigenvalue weighted by molar-refractivity contribution is 0.0951. The number of ether oxygens (including phenoxy) is 3. The highest BCUT2D eigenvalue weighted by atomic mass is 35.5. The van der Waals surface area contributed by atoms with Crippen LogP contribution in [0.3, 0.4) is 0 Å². The molecule has 1 amide bonds. The summed E-state index contributed by atoms with van der Waals surface area (Å²) in [7, 11) is 0. The van der Waals surface area contributed by atoms with Gasteiger partial charge >= 0.3 is 0 Å². The topological polar surface area (TPSA) is 69.7 Å². The number of aromatic nitrogens is 1. The van der Waals surface area contributed by atoms with E-state index in [9.17, 15) is 4.79 Å². The molecule has 0 bridgehead atoms. The molecule has 0 aliphatic carbocycles. The number of aryl methyl sites for hydroxylation is 1. The standard InChI is InChI=1S/C22H21ClN2O4S/c1-14-25-17(13-30-14)12-29-18-5-3-16(4-6-18)22(26)24-11-15-9-19(23)21-20(10-15)27-7-2-8-28-21/h3-6,9-10,13H,2,7-8,11-12H2,1H3,(H,24,26). The summed E-state index contributed by atoms with van der Waals surface area (Å²) < 4.78 is 17.0. The van der Waals surface area contributed by atoms with Crippen molar-refractivity contribution in [1.29, 1.82) is 0 Å². The van der Waals surface area contributed by atoms with Crippen molar-refractivity contribution in [2.45, 2.75) is 26.5 Å². The van der Waals surface area contributed by atoms with E-state index in [1.807, 2.05) is 18.4 Å². The molecule has 2 aromatic carbocycles. The van der Waals surface area contributed by atoms with Gasteiger partial charge in [0.25, 0.3) is 5.91 Å². The minimum atomic E-state index is -0.181. The first-order valence-electron chi connectivity index (χ1n) is 9.58. The fraction of sp³-hybridized carbons (Fsp3) is 0.273. The molecule has 0 saturated carbocycles. The summed E-state index contributed by atoms with van der Waals surface area (Å²) in [4.78, 5) is 16.9. The third-order valence-electron chi connectivity index (χ3n) is 4.48. The Balaban J connectivity index is 1.34. The average Bonchev–Trinajstić information content (AvgIpc) is 3.02. The van der Waals surface area contributed by atoms with Crippen molar-refractivity contribution >= 4 is 28.8 Å². The second kappa shape index (κ2) is 9.36. The Kier molecular flexibility index (Phi) is 6.40. The molecule has 0 unspecified atom stereocenters. The van der Waals surface area contributed by atoms with Crippen molar-refractivity contribution in [2.75, 3.05) is 13.2 Å². The van der Waals surface area contributed by atoms with Crippen LogP contribution in [0.15, 0.2) is 41.8 Å². The zero-order chi connectivity index (χ0) is 20.9. The number of benzene rings is 2. The maximum absolute atomic E-state index is 12.5. The predicted molar refractivity (Wildman–Crippen MR) is 116 cm³/mol. The molecule has 6 nitrogen and oxygen atoms in total. The van der Waals surface area contributed by atoms with Crippen LogP contribution in [0.1, 0.15) is 33.0 Å². The summed E-state index contributed by atoms with van der Waals surface area (Å²) in [6, 6.07) is 10.7. The van der Waals surface area contributed by atoms with E-state index in [4.69, 9.17) is 25.8 Å². The molecule has 0 atom stereocenters. The van der Waals surface area contributed by atoms with E-state index in [2.05, 4.69) is 10.3 Å². The maximum atomic E-state index is 12.5. The van der Waals surface area contributed by atoms with E-state index in [1.54, 1.807) is 41.7 Å². The number of nitrogens with zero attached hydrogens (tertiary/aromatic N) is 1. The lowest BCUT2D eigenvalue weighted by atomic mass is 10.1. The van der Waals surface area contributed by atoms with Crippen LogP contribution in [0.5, 0.6) is 17.2 Å². The van der Waals surface area contributed by atoms with Gasteiger partial charge in [-0.3, -0.25) is 4.79 Å². The van der Waals surface area contributed by atoms with E-state index >= 15 is 0 Å². The highest BCUT2D eigenvalue weighted by molar-refractivity contribution is 7.09. The first-order chi connectivity index (χ1) is 14.6. The van der Waals surface area contributed by atoms with Crippen LogP contribution in [-0.2, 0) is 13.2 Å². The maximum Gasteiger partial charge on any atom is 0.251 e. The van der Waals surface area contributed by atoms with Crippen LogP contribution < -0.4 is 19.5 Å². The third kappa shape index (κ3) is 5.04. The lowest BCUT2D eigenvalue weighted by Crippen LogP contribution is -2.22. The molecule has 0 fully saturated rings. The van der Waals surface area contributed by atoms with Gasteiger partial charge in [0.1, 0.15) is 12.4 Å². The van der Waals surface area contributed by atoms with Gasteiger partial charge in [-0.1, -0.05) is 11.6 Å². The molecule has 1 aliphatic rings. The molecule has 156 valence electrons. The number of carbonyl (C=O) groups is 1. The van der Waals surface area contributed by atoms with E-state index in [-0.39, 0.29) is 5.91 Å². The van der Waals surface area contributed by atoms with Crippen LogP contribution >= 0.6 is 22.9 Å². The van der Waals surface area contributed by atoms with Crippen LogP contribution in [0.25, 0.3) is 0 Å². The molecule has 30 heavy (non-hydrogen) atoms. The quantitative estimate of drug-likeness (QED) is 0.592. The summed E-state index contributed by atoms with van der Waals surface area (Å²) >= 11 is 7.90. The lowest BCUT2D eigenvalue weighted by Gasteiger charge is -2.12. The summed E-state index contributed by atoms with van der Waals surface area (Å²) in [5.74, 6) is 1.68. The van der Waals surface area contributed by atoms with E-state index < -0.39 is 0 Å². The van der Waals surface area contributed by atoms with Crippen LogP contribution in [0.4, 0.5) is 0 Å². The molecule has 1 aliphatic heterocycles. The smallest absolute Gasteiger partial charge is 0.251 e. The Labute approximate surface area is 183 Å². The van der Waals surface area contributed by atoms with Crippen molar-refractivity contribution in [3.8, 4) is 17.2 Å². The van der Waals surface area contributed by atoms with Crippen LogP contribution in [-0.4, -0.2) is 24.1 Å². The second-order valence-corrected chi connectivity index (χ2v) is 8.28. The van der Waals surface area contributed by atoms with Gasteiger partial charge in [-0.15, -0.1) is 11.3 Å². The number of nitrogens with one attached hydrogen (secondary N) is 1. The Hall–Kier alpha value is -2.77. The minimum absolute atomic E-state index is 0.181. The van der Waals surface area contributed by atoms with Crippen molar-refractivity contribution in [1.82, 2.24) is 10.3 Å². The largest absolute Gasteiger partial charge is 0.489 e. The Morgan fingerprint density at radius 1 is 1.23 bits per heavy atom. The monoisotopic (exact) mass is 444 g/mol. The van der Waals surface area contributed by atoms with Gasteiger partial charge in [-0.25, -0.2) is 4.98 Å². The first-order valence-corrected chi connectivity index (χ1v) is 10.8. The van der Waals surface area contributed by atoms with Gasteiger partial charge in [-0.05, 0) is 48.9 Å². The molecule has 0 saturated heterocycles. The molecule has 1 aromatic heterocycles. The van der Waals surface area contributed by atoms with Gasteiger partial charge in [0.2, 0.25) is 0 Å². The van der Waals surface area contributed by atoms with Crippen molar-refractivity contribution in [3.05, 3.63) is 68.6 Å². The molecule has 1 N–H and O–H groups in total. The van der Waals surface area contributed by atoms with E-state index in [0.29, 0.717) is 54.2 Å². The Morgan fingerprint density at radius 3 is 2.80 bits per heavy atom. The highest BCUT2D eigenvalue weighted by Crippen LogP contribution is 2.38.